The number of rotatable bonds is 6. The van der Waals surface area contributed by atoms with Gasteiger partial charge in [0.2, 0.25) is 0 Å². The number of likely N-dealkylation sites (tertiary alicyclic amines) is 1. The third-order valence-electron chi connectivity index (χ3n) is 3.96. The molecule has 1 saturated heterocycles. The highest BCUT2D eigenvalue weighted by Crippen LogP contribution is 2.24. The Kier molecular flexibility index (Phi) is 5.98. The Balaban J connectivity index is 2.14. The number of hydrogen-bond donors (Lipinski definition) is 1. The smallest absolute Gasteiger partial charge is 0.326 e. The van der Waals surface area contributed by atoms with Gasteiger partial charge in [-0.3, -0.25) is 4.79 Å². The molecule has 0 aliphatic carbocycles. The SMILES string of the molecule is COC1CC(C(=O)O)N(C(=O)c2cccc(OCC=C(C)C)c2)C1. The molecular formula is C18H23NO5. The molecule has 24 heavy (non-hydrogen) atoms. The van der Waals surface area contributed by atoms with E-state index in [0.717, 1.165) is 5.57 Å². The molecule has 0 spiro atoms. The predicted molar refractivity (Wildman–Crippen MR) is 89.2 cm³/mol. The Labute approximate surface area is 141 Å². The molecule has 1 aromatic rings. The Morgan fingerprint density at radius 3 is 2.75 bits per heavy atom. The van der Waals surface area contributed by atoms with E-state index < -0.39 is 12.0 Å². The summed E-state index contributed by atoms with van der Waals surface area (Å²) in [5.41, 5.74) is 1.56. The molecule has 1 fully saturated rings. The van der Waals surface area contributed by atoms with Crippen molar-refractivity contribution in [1.82, 2.24) is 4.90 Å². The Morgan fingerprint density at radius 2 is 2.12 bits per heavy atom. The second-order valence-electron chi connectivity index (χ2n) is 6.03. The normalized spacial score (nSPS) is 19.9. The van der Waals surface area contributed by atoms with Crippen LogP contribution in [0.1, 0.15) is 30.6 Å². The van der Waals surface area contributed by atoms with Crippen LogP contribution in [-0.4, -0.2) is 54.3 Å². The van der Waals surface area contributed by atoms with Gasteiger partial charge in [-0.15, -0.1) is 0 Å². The number of allylic oxidation sites excluding steroid dienone is 1. The maximum atomic E-state index is 12.7. The summed E-state index contributed by atoms with van der Waals surface area (Å²) in [6, 6.07) is 5.93. The van der Waals surface area contributed by atoms with Gasteiger partial charge < -0.3 is 19.5 Å². The molecule has 1 aliphatic heterocycles. The number of carboxylic acid groups (broad SMARTS) is 1. The first-order valence-corrected chi connectivity index (χ1v) is 7.85. The van der Waals surface area contributed by atoms with E-state index in [0.29, 0.717) is 24.3 Å². The number of amides is 1. The lowest BCUT2D eigenvalue weighted by atomic mass is 10.1. The van der Waals surface area contributed by atoms with Crippen molar-refractivity contribution in [3.05, 3.63) is 41.5 Å². The molecule has 1 heterocycles. The molecule has 0 bridgehead atoms. The number of aliphatic carboxylic acids is 1. The summed E-state index contributed by atoms with van der Waals surface area (Å²) in [6.07, 6.45) is 1.99. The summed E-state index contributed by atoms with van der Waals surface area (Å²) in [5, 5.41) is 9.33. The molecule has 1 aliphatic rings. The first-order valence-electron chi connectivity index (χ1n) is 7.85. The van der Waals surface area contributed by atoms with E-state index in [2.05, 4.69) is 0 Å². The highest BCUT2D eigenvalue weighted by Gasteiger charge is 2.40. The van der Waals surface area contributed by atoms with Crippen LogP contribution in [-0.2, 0) is 9.53 Å². The molecule has 0 aromatic heterocycles. The van der Waals surface area contributed by atoms with Crippen LogP contribution in [0, 0.1) is 0 Å². The highest BCUT2D eigenvalue weighted by molar-refractivity contribution is 5.97. The van der Waals surface area contributed by atoms with Crippen molar-refractivity contribution in [2.75, 3.05) is 20.3 Å². The number of carbonyl (C=O) groups excluding carboxylic acids is 1. The number of carbonyl (C=O) groups is 2. The summed E-state index contributed by atoms with van der Waals surface area (Å²) in [5.74, 6) is -0.763. The van der Waals surface area contributed by atoms with Crippen LogP contribution >= 0.6 is 0 Å². The lowest BCUT2D eigenvalue weighted by Crippen LogP contribution is -2.40. The zero-order valence-electron chi connectivity index (χ0n) is 14.2. The Morgan fingerprint density at radius 1 is 1.38 bits per heavy atom. The van der Waals surface area contributed by atoms with Crippen LogP contribution in [0.4, 0.5) is 0 Å². The van der Waals surface area contributed by atoms with Crippen molar-refractivity contribution in [2.24, 2.45) is 0 Å². The van der Waals surface area contributed by atoms with Crippen molar-refractivity contribution < 1.29 is 24.2 Å². The zero-order valence-corrected chi connectivity index (χ0v) is 14.2. The van der Waals surface area contributed by atoms with Crippen molar-refractivity contribution in [2.45, 2.75) is 32.4 Å². The zero-order chi connectivity index (χ0) is 17.7. The molecule has 1 N–H and O–H groups in total. The fourth-order valence-electron chi connectivity index (χ4n) is 2.62. The minimum atomic E-state index is -1.01. The molecule has 0 radical (unpaired) electrons. The van der Waals surface area contributed by atoms with Crippen molar-refractivity contribution in [3.63, 3.8) is 0 Å². The minimum absolute atomic E-state index is 0.257. The Bertz CT molecular complexity index is 636. The average Bonchev–Trinajstić information content (AvgIpc) is 2.99. The largest absolute Gasteiger partial charge is 0.490 e. The summed E-state index contributed by atoms with van der Waals surface area (Å²) < 4.78 is 10.8. The van der Waals surface area contributed by atoms with Crippen LogP contribution in [0.25, 0.3) is 0 Å². The minimum Gasteiger partial charge on any atom is -0.490 e. The van der Waals surface area contributed by atoms with Crippen LogP contribution in [0.5, 0.6) is 5.75 Å². The fraction of sp³-hybridized carbons (Fsp3) is 0.444. The fourth-order valence-corrected chi connectivity index (χ4v) is 2.62. The summed E-state index contributed by atoms with van der Waals surface area (Å²) >= 11 is 0. The van der Waals surface area contributed by atoms with E-state index >= 15 is 0 Å². The van der Waals surface area contributed by atoms with Crippen LogP contribution < -0.4 is 4.74 Å². The van der Waals surface area contributed by atoms with Gasteiger partial charge in [0.05, 0.1) is 6.10 Å². The van der Waals surface area contributed by atoms with Gasteiger partial charge in [0, 0.05) is 25.6 Å². The molecule has 0 saturated carbocycles. The van der Waals surface area contributed by atoms with Crippen molar-refractivity contribution >= 4 is 11.9 Å². The van der Waals surface area contributed by atoms with E-state index in [4.69, 9.17) is 9.47 Å². The second-order valence-corrected chi connectivity index (χ2v) is 6.03. The molecule has 1 aromatic carbocycles. The monoisotopic (exact) mass is 333 g/mol. The number of methoxy groups -OCH3 is 1. The molecule has 6 nitrogen and oxygen atoms in total. The van der Waals surface area contributed by atoms with Gasteiger partial charge in [-0.25, -0.2) is 4.79 Å². The van der Waals surface area contributed by atoms with E-state index in [1.165, 1.54) is 12.0 Å². The molecule has 2 unspecified atom stereocenters. The van der Waals surface area contributed by atoms with Crippen LogP contribution in [0.15, 0.2) is 35.9 Å². The van der Waals surface area contributed by atoms with Gasteiger partial charge in [-0.05, 0) is 38.1 Å². The maximum Gasteiger partial charge on any atom is 0.326 e. The average molecular weight is 333 g/mol. The van der Waals surface area contributed by atoms with Gasteiger partial charge in [0.1, 0.15) is 18.4 Å². The van der Waals surface area contributed by atoms with E-state index in [1.807, 2.05) is 19.9 Å². The molecule has 6 heteroatoms. The highest BCUT2D eigenvalue weighted by atomic mass is 16.5. The summed E-state index contributed by atoms with van der Waals surface area (Å²) in [4.78, 5) is 25.5. The van der Waals surface area contributed by atoms with Crippen molar-refractivity contribution in [1.29, 1.82) is 0 Å². The Hall–Kier alpha value is -2.34. The van der Waals surface area contributed by atoms with Gasteiger partial charge in [-0.1, -0.05) is 11.6 Å². The standard InChI is InChI=1S/C18H23NO5/c1-12(2)7-8-24-14-6-4-5-13(9-14)17(20)19-11-15(23-3)10-16(19)18(21)22/h4-7,9,15-16H,8,10-11H2,1-3H3,(H,21,22). The van der Waals surface area contributed by atoms with Gasteiger partial charge >= 0.3 is 5.97 Å². The number of benzene rings is 1. The number of ether oxygens (including phenoxy) is 2. The first kappa shape index (κ1) is 18.0. The van der Waals surface area contributed by atoms with E-state index in [-0.39, 0.29) is 18.6 Å². The van der Waals surface area contributed by atoms with Gasteiger partial charge in [-0.2, -0.15) is 0 Å². The maximum absolute atomic E-state index is 12.7. The molecule has 2 atom stereocenters. The van der Waals surface area contributed by atoms with Crippen LogP contribution in [0.3, 0.4) is 0 Å². The predicted octanol–water partition coefficient (Wildman–Crippen LogP) is 2.35. The van der Waals surface area contributed by atoms with Crippen molar-refractivity contribution in [3.8, 4) is 5.75 Å². The van der Waals surface area contributed by atoms with E-state index in [1.54, 1.807) is 24.3 Å². The summed E-state index contributed by atoms with van der Waals surface area (Å²) in [7, 11) is 1.52. The van der Waals surface area contributed by atoms with E-state index in [9.17, 15) is 14.7 Å². The topological polar surface area (TPSA) is 76.1 Å². The number of nitrogens with zero attached hydrogens (tertiary/aromatic N) is 1. The number of carboxylic acids is 1. The molecule has 130 valence electrons. The van der Waals surface area contributed by atoms with Gasteiger partial charge in [0.25, 0.3) is 5.91 Å². The van der Waals surface area contributed by atoms with Crippen LogP contribution in [0.2, 0.25) is 0 Å². The second kappa shape index (κ2) is 7.97. The molecular weight excluding hydrogens is 310 g/mol. The lowest BCUT2D eigenvalue weighted by Gasteiger charge is -2.21. The third kappa shape index (κ3) is 4.35. The quantitative estimate of drug-likeness (QED) is 0.809. The molecule has 2 rings (SSSR count). The number of hydrogen-bond acceptors (Lipinski definition) is 4. The third-order valence-corrected chi connectivity index (χ3v) is 3.96. The first-order chi connectivity index (χ1) is 11.4. The molecule has 1 amide bonds. The lowest BCUT2D eigenvalue weighted by molar-refractivity contribution is -0.141. The summed E-state index contributed by atoms with van der Waals surface area (Å²) in [6.45, 7) is 4.66. The van der Waals surface area contributed by atoms with Gasteiger partial charge in [0.15, 0.2) is 0 Å².